The topological polar surface area (TPSA) is 64.6 Å². The standard InChI is InChI=1S/C18H16BrNO4/c19-14-5-7-15(8-6-14)20-17(21)11-24-18(22)13-9-12-3-1-2-4-16(12)23-10-13/h1-8,13H,9-11H2,(H,20,21). The Morgan fingerprint density at radius 2 is 1.92 bits per heavy atom. The molecule has 0 aromatic heterocycles. The lowest BCUT2D eigenvalue weighted by Crippen LogP contribution is -2.31. The summed E-state index contributed by atoms with van der Waals surface area (Å²) in [6.45, 7) is -0.0444. The second kappa shape index (κ2) is 7.49. The van der Waals surface area contributed by atoms with Gasteiger partial charge in [0.05, 0.1) is 5.92 Å². The van der Waals surface area contributed by atoms with E-state index < -0.39 is 5.97 Å². The number of halogens is 1. The monoisotopic (exact) mass is 389 g/mol. The maximum atomic E-state index is 12.1. The highest BCUT2D eigenvalue weighted by molar-refractivity contribution is 9.10. The van der Waals surface area contributed by atoms with E-state index >= 15 is 0 Å². The number of para-hydroxylation sites is 1. The van der Waals surface area contributed by atoms with Crippen molar-refractivity contribution in [2.45, 2.75) is 6.42 Å². The van der Waals surface area contributed by atoms with Crippen LogP contribution in [-0.2, 0) is 20.7 Å². The van der Waals surface area contributed by atoms with E-state index in [4.69, 9.17) is 9.47 Å². The molecular weight excluding hydrogens is 374 g/mol. The highest BCUT2D eigenvalue weighted by Gasteiger charge is 2.27. The smallest absolute Gasteiger partial charge is 0.313 e. The van der Waals surface area contributed by atoms with Gasteiger partial charge in [-0.2, -0.15) is 0 Å². The number of carbonyl (C=O) groups is 2. The molecule has 0 saturated heterocycles. The largest absolute Gasteiger partial charge is 0.492 e. The van der Waals surface area contributed by atoms with Crippen molar-refractivity contribution in [2.75, 3.05) is 18.5 Å². The van der Waals surface area contributed by atoms with Crippen molar-refractivity contribution >= 4 is 33.5 Å². The van der Waals surface area contributed by atoms with E-state index in [1.54, 1.807) is 12.1 Å². The first kappa shape index (κ1) is 16.5. The fourth-order valence-corrected chi connectivity index (χ4v) is 2.73. The zero-order chi connectivity index (χ0) is 16.9. The summed E-state index contributed by atoms with van der Waals surface area (Å²) in [5, 5.41) is 2.67. The number of ether oxygens (including phenoxy) is 2. The first-order valence-corrected chi connectivity index (χ1v) is 8.34. The van der Waals surface area contributed by atoms with Crippen molar-refractivity contribution in [3.63, 3.8) is 0 Å². The molecular formula is C18H16BrNO4. The maximum Gasteiger partial charge on any atom is 0.313 e. The second-order valence-electron chi connectivity index (χ2n) is 5.48. The summed E-state index contributed by atoms with van der Waals surface area (Å²) < 4.78 is 11.6. The minimum atomic E-state index is -0.421. The molecule has 1 aliphatic heterocycles. The molecule has 0 fully saturated rings. The Kier molecular flexibility index (Phi) is 5.15. The van der Waals surface area contributed by atoms with Gasteiger partial charge >= 0.3 is 5.97 Å². The third kappa shape index (κ3) is 4.14. The van der Waals surface area contributed by atoms with Gasteiger partial charge in [0.15, 0.2) is 6.61 Å². The van der Waals surface area contributed by atoms with Crippen LogP contribution in [0.25, 0.3) is 0 Å². The first-order chi connectivity index (χ1) is 11.6. The van der Waals surface area contributed by atoms with Gasteiger partial charge < -0.3 is 14.8 Å². The highest BCUT2D eigenvalue weighted by Crippen LogP contribution is 2.27. The Bertz CT molecular complexity index is 745. The van der Waals surface area contributed by atoms with Crippen LogP contribution in [0.15, 0.2) is 53.0 Å². The lowest BCUT2D eigenvalue weighted by atomic mass is 9.97. The first-order valence-electron chi connectivity index (χ1n) is 7.54. The summed E-state index contributed by atoms with van der Waals surface area (Å²) >= 11 is 3.32. The Morgan fingerprint density at radius 1 is 1.17 bits per heavy atom. The number of benzene rings is 2. The molecule has 0 spiro atoms. The molecule has 0 bridgehead atoms. The average molecular weight is 390 g/mol. The molecule has 1 aliphatic rings. The molecule has 1 amide bonds. The van der Waals surface area contributed by atoms with Gasteiger partial charge in [0, 0.05) is 10.2 Å². The lowest BCUT2D eigenvalue weighted by Gasteiger charge is -2.23. The quantitative estimate of drug-likeness (QED) is 0.815. The van der Waals surface area contributed by atoms with Gasteiger partial charge in [-0.25, -0.2) is 0 Å². The summed E-state index contributed by atoms with van der Waals surface area (Å²) in [7, 11) is 0. The van der Waals surface area contributed by atoms with E-state index in [1.165, 1.54) is 0 Å². The number of carbonyl (C=O) groups excluding carboxylic acids is 2. The third-order valence-electron chi connectivity index (χ3n) is 3.69. The van der Waals surface area contributed by atoms with Gasteiger partial charge in [0.25, 0.3) is 5.91 Å². The highest BCUT2D eigenvalue weighted by atomic mass is 79.9. The molecule has 0 saturated carbocycles. The van der Waals surface area contributed by atoms with Gasteiger partial charge in [0.2, 0.25) is 0 Å². The van der Waals surface area contributed by atoms with Crippen molar-refractivity contribution in [3.05, 3.63) is 58.6 Å². The predicted octanol–water partition coefficient (Wildman–Crippen LogP) is 3.18. The van der Waals surface area contributed by atoms with Crippen LogP contribution < -0.4 is 10.1 Å². The molecule has 124 valence electrons. The van der Waals surface area contributed by atoms with Crippen LogP contribution in [0.2, 0.25) is 0 Å². The van der Waals surface area contributed by atoms with Crippen LogP contribution in [0, 0.1) is 5.92 Å². The zero-order valence-corrected chi connectivity index (χ0v) is 14.4. The minimum absolute atomic E-state index is 0.268. The molecule has 0 aliphatic carbocycles. The molecule has 1 unspecified atom stereocenters. The molecule has 2 aromatic carbocycles. The maximum absolute atomic E-state index is 12.1. The number of hydrogen-bond acceptors (Lipinski definition) is 4. The van der Waals surface area contributed by atoms with Gasteiger partial charge in [0.1, 0.15) is 12.4 Å². The average Bonchev–Trinajstić information content (AvgIpc) is 2.61. The Morgan fingerprint density at radius 3 is 2.71 bits per heavy atom. The molecule has 1 N–H and O–H groups in total. The van der Waals surface area contributed by atoms with E-state index in [0.29, 0.717) is 12.1 Å². The van der Waals surface area contributed by atoms with Crippen molar-refractivity contribution < 1.29 is 19.1 Å². The number of amides is 1. The fourth-order valence-electron chi connectivity index (χ4n) is 2.46. The molecule has 3 rings (SSSR count). The summed E-state index contributed by atoms with van der Waals surface area (Å²) in [5.41, 5.74) is 1.62. The van der Waals surface area contributed by atoms with E-state index in [-0.39, 0.29) is 25.0 Å². The number of fused-ring (bicyclic) bond motifs is 1. The number of hydrogen-bond donors (Lipinski definition) is 1. The molecule has 5 nitrogen and oxygen atoms in total. The molecule has 24 heavy (non-hydrogen) atoms. The summed E-state index contributed by atoms with van der Waals surface area (Å²) in [6, 6.07) is 14.8. The predicted molar refractivity (Wildman–Crippen MR) is 92.9 cm³/mol. The van der Waals surface area contributed by atoms with Crippen molar-refractivity contribution in [1.29, 1.82) is 0 Å². The lowest BCUT2D eigenvalue weighted by molar-refractivity contribution is -0.152. The molecule has 1 heterocycles. The van der Waals surface area contributed by atoms with Gasteiger partial charge in [-0.1, -0.05) is 34.1 Å². The summed E-state index contributed by atoms with van der Waals surface area (Å²) in [4.78, 5) is 24.0. The van der Waals surface area contributed by atoms with Gasteiger partial charge in [-0.05, 0) is 42.3 Å². The van der Waals surface area contributed by atoms with E-state index in [9.17, 15) is 9.59 Å². The Labute approximate surface area is 148 Å². The van der Waals surface area contributed by atoms with Crippen LogP contribution >= 0.6 is 15.9 Å². The number of esters is 1. The van der Waals surface area contributed by atoms with E-state index in [1.807, 2.05) is 36.4 Å². The summed E-state index contributed by atoms with van der Waals surface area (Å²) in [5.74, 6) is -0.381. The number of nitrogens with one attached hydrogen (secondary N) is 1. The fraction of sp³-hybridized carbons (Fsp3) is 0.222. The van der Waals surface area contributed by atoms with Crippen LogP contribution in [0.4, 0.5) is 5.69 Å². The molecule has 0 radical (unpaired) electrons. The zero-order valence-electron chi connectivity index (χ0n) is 12.8. The normalized spacial score (nSPS) is 15.8. The Hall–Kier alpha value is -2.34. The summed E-state index contributed by atoms with van der Waals surface area (Å²) in [6.07, 6.45) is 0.559. The van der Waals surface area contributed by atoms with Crippen LogP contribution in [-0.4, -0.2) is 25.1 Å². The van der Waals surface area contributed by atoms with Crippen LogP contribution in [0.3, 0.4) is 0 Å². The SMILES string of the molecule is O=C(COC(=O)C1COc2ccccc2C1)Nc1ccc(Br)cc1. The molecule has 1 atom stereocenters. The van der Waals surface area contributed by atoms with Gasteiger partial charge in [-0.15, -0.1) is 0 Å². The van der Waals surface area contributed by atoms with Gasteiger partial charge in [-0.3, -0.25) is 9.59 Å². The van der Waals surface area contributed by atoms with E-state index in [0.717, 1.165) is 15.8 Å². The second-order valence-corrected chi connectivity index (χ2v) is 6.40. The molecule has 2 aromatic rings. The number of anilines is 1. The van der Waals surface area contributed by atoms with Crippen molar-refractivity contribution in [2.24, 2.45) is 5.92 Å². The van der Waals surface area contributed by atoms with Crippen molar-refractivity contribution in [1.82, 2.24) is 0 Å². The minimum Gasteiger partial charge on any atom is -0.492 e. The Balaban J connectivity index is 1.49. The van der Waals surface area contributed by atoms with Crippen LogP contribution in [0.5, 0.6) is 5.75 Å². The molecule has 6 heteroatoms. The van der Waals surface area contributed by atoms with Crippen LogP contribution in [0.1, 0.15) is 5.56 Å². The third-order valence-corrected chi connectivity index (χ3v) is 4.21. The number of rotatable bonds is 4. The van der Waals surface area contributed by atoms with Crippen molar-refractivity contribution in [3.8, 4) is 5.75 Å². The van der Waals surface area contributed by atoms with E-state index in [2.05, 4.69) is 21.2 Å².